The third kappa shape index (κ3) is 5.97. The fourth-order valence-electron chi connectivity index (χ4n) is 16.6. The van der Waals surface area contributed by atoms with Gasteiger partial charge in [-0.25, -0.2) is 0 Å². The lowest BCUT2D eigenvalue weighted by Crippen LogP contribution is -2.56. The van der Waals surface area contributed by atoms with Crippen LogP contribution in [0.25, 0.3) is 0 Å². The van der Waals surface area contributed by atoms with E-state index >= 15 is 0 Å². The molecular weight excluding hydrogens is 617 g/mol. The quantitative estimate of drug-likeness (QED) is 0.110. The van der Waals surface area contributed by atoms with Crippen LogP contribution in [0.2, 0.25) is 0 Å². The van der Waals surface area contributed by atoms with E-state index in [1.807, 2.05) is 0 Å². The lowest BCUT2D eigenvalue weighted by atomic mass is 9.45. The van der Waals surface area contributed by atoms with Crippen LogP contribution in [0.3, 0.4) is 0 Å². The van der Waals surface area contributed by atoms with E-state index in [1.54, 1.807) is 0 Å². The van der Waals surface area contributed by atoms with Gasteiger partial charge in [-0.3, -0.25) is 0 Å². The Hall–Kier alpha value is -1.32. The second kappa shape index (κ2) is 15.2. The van der Waals surface area contributed by atoms with Gasteiger partial charge in [-0.2, -0.15) is 0 Å². The Morgan fingerprint density at radius 3 is 1.12 bits per heavy atom. The monoisotopic (exact) mass is 687 g/mol. The van der Waals surface area contributed by atoms with E-state index in [9.17, 15) is 19.2 Å². The maximum atomic E-state index is 13.0. The van der Waals surface area contributed by atoms with Crippen molar-refractivity contribution in [2.75, 3.05) is 0 Å². The topological polar surface area (TPSA) is 68.3 Å². The van der Waals surface area contributed by atoms with Gasteiger partial charge in [-0.15, -0.1) is 0 Å². The highest BCUT2D eigenvalue weighted by Crippen LogP contribution is 2.64. The summed E-state index contributed by atoms with van der Waals surface area (Å²) < 4.78 is 0. The van der Waals surface area contributed by atoms with Crippen LogP contribution in [-0.4, -0.2) is 25.1 Å². The number of aldehydes is 4. The summed E-state index contributed by atoms with van der Waals surface area (Å²) in [6.45, 7) is 0. The summed E-state index contributed by atoms with van der Waals surface area (Å²) in [6, 6.07) is 0. The number of unbranched alkanes of at least 4 members (excludes halogenated alkanes) is 5. The number of carbonyl (C=O) groups excluding carboxylic acids is 4. The molecule has 0 heterocycles. The molecule has 14 atom stereocenters. The molecule has 0 aromatic carbocycles. The Kier molecular flexibility index (Phi) is 10.9. The lowest BCUT2D eigenvalue weighted by molar-refractivity contribution is -0.155. The van der Waals surface area contributed by atoms with Gasteiger partial charge in [0.2, 0.25) is 0 Å². The molecular formula is C46H70O4. The lowest BCUT2D eigenvalue weighted by Gasteiger charge is -2.58. The minimum atomic E-state index is -0.741. The summed E-state index contributed by atoms with van der Waals surface area (Å²) in [5, 5.41) is 0. The zero-order valence-corrected chi connectivity index (χ0v) is 31.4. The van der Waals surface area contributed by atoms with Crippen molar-refractivity contribution in [3.05, 3.63) is 0 Å². The van der Waals surface area contributed by atoms with Crippen LogP contribution in [0.15, 0.2) is 0 Å². The molecule has 8 saturated carbocycles. The Bertz CT molecular complexity index is 1100. The highest BCUT2D eigenvalue weighted by molar-refractivity contribution is 5.85. The smallest absolute Gasteiger partial charge is 0.133 e. The first-order valence-corrected chi connectivity index (χ1v) is 22.4. The van der Waals surface area contributed by atoms with Gasteiger partial charge in [-0.05, 0) is 186 Å². The fourth-order valence-corrected chi connectivity index (χ4v) is 16.6. The zero-order chi connectivity index (χ0) is 34.3. The predicted octanol–water partition coefficient (Wildman–Crippen LogP) is 10.6. The van der Waals surface area contributed by atoms with Crippen molar-refractivity contribution in [1.29, 1.82) is 0 Å². The summed E-state index contributed by atoms with van der Waals surface area (Å²) in [4.78, 5) is 52.1. The SMILES string of the molecule is O=CC1(C=O)C(CCCCCCCCC2CCC3CC[C@H]4[C@@H]5CCC[C@H]5CC[C@H]4[C@H]3C2(C=O)C=O)CCC2CC[C@H]3[C@@H]4CCC[C@H]4CC[C@H]3[C@H]21. The number of fused-ring (bicyclic) bond motifs is 10. The van der Waals surface area contributed by atoms with Crippen LogP contribution in [-0.2, 0) is 19.2 Å². The summed E-state index contributed by atoms with van der Waals surface area (Å²) in [7, 11) is 0. The van der Waals surface area contributed by atoms with Gasteiger partial charge in [0, 0.05) is 0 Å². The molecule has 0 aromatic heterocycles. The van der Waals surface area contributed by atoms with Crippen LogP contribution in [0.4, 0.5) is 0 Å². The molecule has 50 heavy (non-hydrogen) atoms. The first-order valence-electron chi connectivity index (χ1n) is 22.4. The number of hydrogen-bond donors (Lipinski definition) is 0. The Labute approximate surface area is 304 Å². The second-order valence-electron chi connectivity index (χ2n) is 20.0. The molecule has 0 aromatic rings. The minimum Gasteiger partial charge on any atom is -0.302 e. The zero-order valence-electron chi connectivity index (χ0n) is 31.4. The molecule has 8 aliphatic carbocycles. The fraction of sp³-hybridized carbons (Fsp3) is 0.913. The molecule has 4 unspecified atom stereocenters. The first kappa shape index (κ1) is 35.7. The Balaban J connectivity index is 0.814. The van der Waals surface area contributed by atoms with Gasteiger partial charge in [-0.1, -0.05) is 64.2 Å². The summed E-state index contributed by atoms with van der Waals surface area (Å²) in [5.74, 6) is 8.52. The van der Waals surface area contributed by atoms with Crippen molar-refractivity contribution < 1.29 is 19.2 Å². The first-order chi connectivity index (χ1) is 24.6. The molecule has 0 aliphatic heterocycles. The van der Waals surface area contributed by atoms with E-state index in [0.29, 0.717) is 35.5 Å². The van der Waals surface area contributed by atoms with Gasteiger partial charge in [0.25, 0.3) is 0 Å². The highest BCUT2D eigenvalue weighted by Gasteiger charge is 2.61. The molecule has 0 radical (unpaired) electrons. The summed E-state index contributed by atoms with van der Waals surface area (Å²) in [6.07, 6.45) is 37.0. The standard InChI is InChI=1S/C46H70O4/c47-27-45(28-48)35(21-15-33-19-23-39-37-13-7-9-31(37)17-25-41(39)43(33)45)11-5-3-1-2-4-6-12-36-22-16-34-20-24-40-38-14-8-10-32(38)18-26-42(40)44(34)46(36,29-49)30-50/h27-44H,1-26H2/t31-,32-,33?,34?,35?,36?,37+,38+,39-,40-,41+,42+,43-,44-/m0/s1. The third-order valence-electron chi connectivity index (χ3n) is 18.6. The second-order valence-corrected chi connectivity index (χ2v) is 20.0. The summed E-state index contributed by atoms with van der Waals surface area (Å²) in [5.41, 5.74) is -1.48. The maximum absolute atomic E-state index is 13.0. The van der Waals surface area contributed by atoms with Crippen molar-refractivity contribution >= 4 is 25.1 Å². The van der Waals surface area contributed by atoms with E-state index in [2.05, 4.69) is 0 Å². The van der Waals surface area contributed by atoms with E-state index in [0.717, 1.165) is 99.2 Å². The van der Waals surface area contributed by atoms with Crippen molar-refractivity contribution in [3.8, 4) is 0 Å². The van der Waals surface area contributed by atoms with Crippen molar-refractivity contribution in [1.82, 2.24) is 0 Å². The normalized spacial score (nSPS) is 45.4. The molecule has 8 fully saturated rings. The Morgan fingerprint density at radius 2 is 0.700 bits per heavy atom. The molecule has 0 bridgehead atoms. The third-order valence-corrected chi connectivity index (χ3v) is 18.6. The molecule has 4 heteroatoms. The maximum Gasteiger partial charge on any atom is 0.133 e. The predicted molar refractivity (Wildman–Crippen MR) is 198 cm³/mol. The summed E-state index contributed by atoms with van der Waals surface area (Å²) >= 11 is 0. The van der Waals surface area contributed by atoms with Crippen molar-refractivity contribution in [2.45, 2.75) is 167 Å². The number of rotatable bonds is 13. The van der Waals surface area contributed by atoms with Crippen LogP contribution in [0, 0.1) is 93.7 Å². The van der Waals surface area contributed by atoms with Crippen molar-refractivity contribution in [3.63, 3.8) is 0 Å². The molecule has 8 rings (SSSR count). The van der Waals surface area contributed by atoms with E-state index < -0.39 is 10.8 Å². The highest BCUT2D eigenvalue weighted by atomic mass is 16.1. The van der Waals surface area contributed by atoms with Crippen LogP contribution < -0.4 is 0 Å². The van der Waals surface area contributed by atoms with Gasteiger partial charge in [0.15, 0.2) is 0 Å². The van der Waals surface area contributed by atoms with Gasteiger partial charge in [0.05, 0.1) is 10.8 Å². The molecule has 0 amide bonds. The Morgan fingerprint density at radius 1 is 0.340 bits per heavy atom. The van der Waals surface area contributed by atoms with Crippen LogP contribution >= 0.6 is 0 Å². The van der Waals surface area contributed by atoms with Gasteiger partial charge in [0.1, 0.15) is 25.1 Å². The van der Waals surface area contributed by atoms with Crippen LogP contribution in [0.1, 0.15) is 167 Å². The minimum absolute atomic E-state index is 0.233. The van der Waals surface area contributed by atoms with Crippen LogP contribution in [0.5, 0.6) is 0 Å². The molecule has 0 saturated heterocycles. The largest absolute Gasteiger partial charge is 0.302 e. The number of hydrogen-bond acceptors (Lipinski definition) is 4. The molecule has 4 nitrogen and oxygen atoms in total. The molecule has 0 spiro atoms. The molecule has 8 aliphatic rings. The van der Waals surface area contributed by atoms with Crippen molar-refractivity contribution in [2.24, 2.45) is 93.7 Å². The molecule has 0 N–H and O–H groups in total. The average Bonchev–Trinajstić information content (AvgIpc) is 3.86. The van der Waals surface area contributed by atoms with E-state index in [-0.39, 0.29) is 11.8 Å². The molecule has 278 valence electrons. The van der Waals surface area contributed by atoms with Gasteiger partial charge < -0.3 is 19.2 Å². The number of carbonyl (C=O) groups is 4. The van der Waals surface area contributed by atoms with E-state index in [4.69, 9.17) is 0 Å². The van der Waals surface area contributed by atoms with E-state index in [1.165, 1.54) is 128 Å². The average molecular weight is 687 g/mol. The van der Waals surface area contributed by atoms with Gasteiger partial charge >= 0.3 is 0 Å².